The molecule has 2 atom stereocenters. The number of halogens is 3. The van der Waals surface area contributed by atoms with Gasteiger partial charge in [0.2, 0.25) is 0 Å². The number of amides is 1. The number of aromatic amines is 1. The highest BCUT2D eigenvalue weighted by atomic mass is 19.1. The number of hydrogen-bond donors (Lipinski definition) is 1. The summed E-state index contributed by atoms with van der Waals surface area (Å²) in [6, 6.07) is 9.29. The van der Waals surface area contributed by atoms with E-state index >= 15 is 0 Å². The second-order valence-corrected chi connectivity index (χ2v) is 6.43. The summed E-state index contributed by atoms with van der Waals surface area (Å²) in [4.78, 5) is 20.9. The van der Waals surface area contributed by atoms with Gasteiger partial charge in [0.25, 0.3) is 5.91 Å². The molecule has 1 aliphatic rings. The molecule has 2 aromatic carbocycles. The van der Waals surface area contributed by atoms with Gasteiger partial charge < -0.3 is 14.6 Å². The number of hydrogen-bond acceptors (Lipinski definition) is 3. The van der Waals surface area contributed by atoms with Crippen molar-refractivity contribution in [1.82, 2.24) is 14.9 Å². The number of nitrogens with one attached hydrogen (secondary N) is 1. The lowest BCUT2D eigenvalue weighted by molar-refractivity contribution is 0.00887. The zero-order chi connectivity index (χ0) is 19.0. The van der Waals surface area contributed by atoms with Crippen molar-refractivity contribution in [2.75, 3.05) is 13.1 Å². The summed E-state index contributed by atoms with van der Waals surface area (Å²) in [5.74, 6) is -0.745. The molecule has 0 spiro atoms. The number of aromatic nitrogens is 2. The molecular formula is C19H16F3N3O2. The number of carbonyl (C=O) groups excluding carboxylic acids is 1. The molecule has 27 heavy (non-hydrogen) atoms. The van der Waals surface area contributed by atoms with Crippen LogP contribution in [0.2, 0.25) is 0 Å². The monoisotopic (exact) mass is 375 g/mol. The van der Waals surface area contributed by atoms with E-state index in [1.54, 1.807) is 6.07 Å². The van der Waals surface area contributed by atoms with E-state index in [1.165, 1.54) is 41.3 Å². The van der Waals surface area contributed by atoms with Crippen LogP contribution in [0, 0.1) is 11.6 Å². The van der Waals surface area contributed by atoms with Gasteiger partial charge in [-0.25, -0.2) is 18.2 Å². The zero-order valence-electron chi connectivity index (χ0n) is 14.2. The van der Waals surface area contributed by atoms with E-state index in [4.69, 9.17) is 4.74 Å². The normalized spacial score (nSPS) is 19.7. The van der Waals surface area contributed by atoms with Gasteiger partial charge in [-0.3, -0.25) is 4.79 Å². The van der Waals surface area contributed by atoms with Crippen molar-refractivity contribution in [3.8, 4) is 0 Å². The molecule has 0 saturated carbocycles. The van der Waals surface area contributed by atoms with Gasteiger partial charge in [0.1, 0.15) is 36.3 Å². The summed E-state index contributed by atoms with van der Waals surface area (Å²) in [6.07, 6.45) is -2.13. The summed E-state index contributed by atoms with van der Waals surface area (Å²) >= 11 is 0. The van der Waals surface area contributed by atoms with Gasteiger partial charge in [0.05, 0.1) is 24.1 Å². The van der Waals surface area contributed by atoms with Crippen LogP contribution in [-0.2, 0) is 11.3 Å². The fourth-order valence-corrected chi connectivity index (χ4v) is 3.12. The third kappa shape index (κ3) is 3.66. The number of H-pyrrole nitrogens is 1. The molecule has 1 fully saturated rings. The maximum Gasteiger partial charge on any atom is 0.254 e. The standard InChI is InChI=1S/C19H16F3N3O2/c20-12-3-1-11(2-4-12)19(26)25-8-14(22)17(9-25)27-10-18-23-15-6-5-13(21)7-16(15)24-18/h1-7,14,17H,8-10H2,(H,23,24). The third-order valence-corrected chi connectivity index (χ3v) is 4.50. The van der Waals surface area contributed by atoms with E-state index in [0.29, 0.717) is 22.4 Å². The predicted molar refractivity (Wildman–Crippen MR) is 91.8 cm³/mol. The van der Waals surface area contributed by atoms with E-state index in [1.807, 2.05) is 0 Å². The highest BCUT2D eigenvalue weighted by Crippen LogP contribution is 2.21. The fourth-order valence-electron chi connectivity index (χ4n) is 3.12. The Bertz CT molecular complexity index is 974. The van der Waals surface area contributed by atoms with Crippen molar-refractivity contribution < 1.29 is 22.7 Å². The van der Waals surface area contributed by atoms with E-state index in [9.17, 15) is 18.0 Å². The number of imidazole rings is 1. The molecule has 1 saturated heterocycles. The van der Waals surface area contributed by atoms with E-state index < -0.39 is 18.1 Å². The lowest BCUT2D eigenvalue weighted by Crippen LogP contribution is -2.30. The van der Waals surface area contributed by atoms with Crippen molar-refractivity contribution in [3.05, 3.63) is 65.5 Å². The van der Waals surface area contributed by atoms with Crippen molar-refractivity contribution >= 4 is 16.9 Å². The second-order valence-electron chi connectivity index (χ2n) is 6.43. The lowest BCUT2D eigenvalue weighted by Gasteiger charge is -2.16. The Morgan fingerprint density at radius 3 is 2.67 bits per heavy atom. The van der Waals surface area contributed by atoms with E-state index in [-0.39, 0.29) is 31.4 Å². The largest absolute Gasteiger partial charge is 0.365 e. The highest BCUT2D eigenvalue weighted by molar-refractivity contribution is 5.94. The molecule has 1 N–H and O–H groups in total. The Morgan fingerprint density at radius 1 is 1.15 bits per heavy atom. The van der Waals surface area contributed by atoms with Gasteiger partial charge in [-0.2, -0.15) is 0 Å². The van der Waals surface area contributed by atoms with Crippen molar-refractivity contribution in [2.24, 2.45) is 0 Å². The molecule has 1 amide bonds. The van der Waals surface area contributed by atoms with Crippen LogP contribution in [-0.4, -0.2) is 46.1 Å². The van der Waals surface area contributed by atoms with Gasteiger partial charge in [-0.15, -0.1) is 0 Å². The van der Waals surface area contributed by atoms with Crippen LogP contribution >= 0.6 is 0 Å². The summed E-state index contributed by atoms with van der Waals surface area (Å²) < 4.78 is 46.1. The lowest BCUT2D eigenvalue weighted by atomic mass is 10.2. The van der Waals surface area contributed by atoms with Gasteiger partial charge >= 0.3 is 0 Å². The molecule has 1 aromatic heterocycles. The number of likely N-dealkylation sites (tertiary alicyclic amines) is 1. The first-order chi connectivity index (χ1) is 13.0. The number of fused-ring (bicyclic) bond motifs is 1. The van der Waals surface area contributed by atoms with Crippen LogP contribution in [0.5, 0.6) is 0 Å². The number of carbonyl (C=O) groups is 1. The first-order valence-corrected chi connectivity index (χ1v) is 8.44. The molecule has 2 unspecified atom stereocenters. The van der Waals surface area contributed by atoms with E-state index in [0.717, 1.165) is 0 Å². The van der Waals surface area contributed by atoms with Crippen LogP contribution in [0.15, 0.2) is 42.5 Å². The third-order valence-electron chi connectivity index (χ3n) is 4.50. The molecule has 8 heteroatoms. The summed E-state index contributed by atoms with van der Waals surface area (Å²) in [7, 11) is 0. The van der Waals surface area contributed by atoms with Crippen molar-refractivity contribution in [1.29, 1.82) is 0 Å². The Labute approximate surface area is 152 Å². The number of nitrogens with zero attached hydrogens (tertiary/aromatic N) is 2. The molecule has 0 bridgehead atoms. The topological polar surface area (TPSA) is 58.2 Å². The number of rotatable bonds is 4. The number of alkyl halides is 1. The van der Waals surface area contributed by atoms with Gasteiger partial charge in [-0.05, 0) is 42.5 Å². The SMILES string of the molecule is O=C(c1ccc(F)cc1)N1CC(F)C(OCc2nc3ccc(F)cc3[nH]2)C1. The molecule has 1 aliphatic heterocycles. The predicted octanol–water partition coefficient (Wildman–Crippen LogP) is 3.22. The summed E-state index contributed by atoms with van der Waals surface area (Å²) in [5.41, 5.74) is 1.42. The average Bonchev–Trinajstić information content (AvgIpc) is 3.22. The maximum atomic E-state index is 14.3. The van der Waals surface area contributed by atoms with Gasteiger partial charge in [0.15, 0.2) is 0 Å². The van der Waals surface area contributed by atoms with Crippen LogP contribution in [0.1, 0.15) is 16.2 Å². The quantitative estimate of drug-likeness (QED) is 0.762. The smallest absolute Gasteiger partial charge is 0.254 e. The zero-order valence-corrected chi connectivity index (χ0v) is 14.2. The van der Waals surface area contributed by atoms with Crippen LogP contribution in [0.25, 0.3) is 11.0 Å². The molecule has 0 aliphatic carbocycles. The Morgan fingerprint density at radius 2 is 1.89 bits per heavy atom. The molecule has 3 aromatic rings. The van der Waals surface area contributed by atoms with Crippen LogP contribution < -0.4 is 0 Å². The second kappa shape index (κ2) is 7.03. The molecule has 4 rings (SSSR count). The molecule has 5 nitrogen and oxygen atoms in total. The van der Waals surface area contributed by atoms with Crippen LogP contribution in [0.4, 0.5) is 13.2 Å². The Hall–Kier alpha value is -2.87. The van der Waals surface area contributed by atoms with E-state index in [2.05, 4.69) is 9.97 Å². The summed E-state index contributed by atoms with van der Waals surface area (Å²) in [6.45, 7) is 0.0123. The first-order valence-electron chi connectivity index (χ1n) is 8.44. The molecule has 0 radical (unpaired) electrons. The first kappa shape index (κ1) is 17.5. The van der Waals surface area contributed by atoms with Crippen LogP contribution in [0.3, 0.4) is 0 Å². The Balaban J connectivity index is 1.39. The Kier molecular flexibility index (Phi) is 4.57. The highest BCUT2D eigenvalue weighted by Gasteiger charge is 2.36. The minimum Gasteiger partial charge on any atom is -0.365 e. The molecular weight excluding hydrogens is 359 g/mol. The minimum atomic E-state index is -1.34. The number of benzene rings is 2. The van der Waals surface area contributed by atoms with Crippen molar-refractivity contribution in [2.45, 2.75) is 18.9 Å². The van der Waals surface area contributed by atoms with Crippen molar-refractivity contribution in [3.63, 3.8) is 0 Å². The number of ether oxygens (including phenoxy) is 1. The summed E-state index contributed by atoms with van der Waals surface area (Å²) in [5, 5.41) is 0. The van der Waals surface area contributed by atoms with Gasteiger partial charge in [0, 0.05) is 5.56 Å². The fraction of sp³-hybridized carbons (Fsp3) is 0.263. The molecule has 140 valence electrons. The minimum absolute atomic E-state index is 0.0139. The average molecular weight is 375 g/mol. The molecule has 2 heterocycles. The van der Waals surface area contributed by atoms with Gasteiger partial charge in [-0.1, -0.05) is 0 Å². The maximum absolute atomic E-state index is 14.3.